The van der Waals surface area contributed by atoms with Gasteiger partial charge in [-0.05, 0) is 12.1 Å². The summed E-state index contributed by atoms with van der Waals surface area (Å²) in [6.45, 7) is 5.62. The van der Waals surface area contributed by atoms with Crippen LogP contribution < -0.4 is 15.8 Å². The van der Waals surface area contributed by atoms with Gasteiger partial charge in [-0.3, -0.25) is 9.69 Å². The highest BCUT2D eigenvalue weighted by atomic mass is 35.5. The molecule has 1 N–H and O–H groups in total. The van der Waals surface area contributed by atoms with Gasteiger partial charge >= 0.3 is 0 Å². The molecule has 0 aliphatic carbocycles. The molecule has 2 aromatic rings. The van der Waals surface area contributed by atoms with Crippen molar-refractivity contribution in [3.63, 3.8) is 0 Å². The summed E-state index contributed by atoms with van der Waals surface area (Å²) in [5, 5.41) is 7.41. The third-order valence-electron chi connectivity index (χ3n) is 4.31. The Morgan fingerprint density at radius 1 is 1.17 bits per heavy atom. The molecule has 0 atom stereocenters. The standard InChI is InChI=1S/C17H22ClN5O/c1-21-17(24)16(15(18)13-20-21)19-7-8-22-9-11-23(12-10-22)14-5-3-2-4-6-14/h2-6,13,19H,7-12H2,1H3. The molecule has 6 nitrogen and oxygen atoms in total. The molecule has 24 heavy (non-hydrogen) atoms. The molecule has 1 saturated heterocycles. The molecule has 0 unspecified atom stereocenters. The summed E-state index contributed by atoms with van der Waals surface area (Å²) < 4.78 is 1.28. The molecule has 1 aromatic carbocycles. The van der Waals surface area contributed by atoms with Crippen LogP contribution in [-0.4, -0.2) is 53.9 Å². The van der Waals surface area contributed by atoms with Crippen molar-refractivity contribution in [3.8, 4) is 0 Å². The molecule has 3 rings (SSSR count). The van der Waals surface area contributed by atoms with Crippen LogP contribution in [0, 0.1) is 0 Å². The fourth-order valence-corrected chi connectivity index (χ4v) is 3.08. The Bertz CT molecular complexity index is 726. The summed E-state index contributed by atoms with van der Waals surface area (Å²) in [7, 11) is 1.62. The van der Waals surface area contributed by atoms with E-state index >= 15 is 0 Å². The van der Waals surface area contributed by atoms with Crippen molar-refractivity contribution in [2.45, 2.75) is 0 Å². The van der Waals surface area contributed by atoms with Crippen molar-refractivity contribution < 1.29 is 0 Å². The molecular formula is C17H22ClN5O. The topological polar surface area (TPSA) is 53.4 Å². The van der Waals surface area contributed by atoms with E-state index in [1.165, 1.54) is 16.6 Å². The van der Waals surface area contributed by atoms with Crippen LogP contribution in [0.5, 0.6) is 0 Å². The number of aryl methyl sites for hydroxylation is 1. The van der Waals surface area contributed by atoms with Gasteiger partial charge in [0.15, 0.2) is 0 Å². The van der Waals surface area contributed by atoms with Crippen molar-refractivity contribution in [1.82, 2.24) is 14.7 Å². The fraction of sp³-hybridized carbons (Fsp3) is 0.412. The Balaban J connectivity index is 1.48. The molecule has 1 aliphatic heterocycles. The third kappa shape index (κ3) is 3.88. The minimum atomic E-state index is -0.198. The van der Waals surface area contributed by atoms with E-state index < -0.39 is 0 Å². The van der Waals surface area contributed by atoms with E-state index in [9.17, 15) is 4.79 Å². The van der Waals surface area contributed by atoms with Crippen molar-refractivity contribution in [2.24, 2.45) is 7.05 Å². The second-order valence-corrected chi connectivity index (χ2v) is 6.29. The van der Waals surface area contributed by atoms with Crippen molar-refractivity contribution >= 4 is 23.0 Å². The lowest BCUT2D eigenvalue weighted by Gasteiger charge is -2.36. The molecule has 128 valence electrons. The molecule has 1 aromatic heterocycles. The Kier molecular flexibility index (Phi) is 5.37. The third-order valence-corrected chi connectivity index (χ3v) is 4.60. The normalized spacial score (nSPS) is 15.5. The van der Waals surface area contributed by atoms with E-state index in [4.69, 9.17) is 11.6 Å². The molecule has 0 saturated carbocycles. The Labute approximate surface area is 146 Å². The summed E-state index contributed by atoms with van der Waals surface area (Å²) >= 11 is 6.05. The molecule has 1 fully saturated rings. The quantitative estimate of drug-likeness (QED) is 0.891. The number of para-hydroxylation sites is 1. The summed E-state index contributed by atoms with van der Waals surface area (Å²) in [6.07, 6.45) is 1.49. The van der Waals surface area contributed by atoms with Gasteiger partial charge in [0.05, 0.1) is 11.2 Å². The van der Waals surface area contributed by atoms with Crippen LogP contribution >= 0.6 is 11.6 Å². The summed E-state index contributed by atoms with van der Waals surface area (Å²) in [5.74, 6) is 0. The van der Waals surface area contributed by atoms with Gasteiger partial charge in [0.2, 0.25) is 0 Å². The van der Waals surface area contributed by atoms with Gasteiger partial charge < -0.3 is 10.2 Å². The van der Waals surface area contributed by atoms with E-state index in [-0.39, 0.29) is 5.56 Å². The van der Waals surface area contributed by atoms with Gasteiger partial charge in [-0.25, -0.2) is 4.68 Å². The Hall–Kier alpha value is -2.05. The van der Waals surface area contributed by atoms with E-state index in [0.29, 0.717) is 17.3 Å². The first-order valence-corrected chi connectivity index (χ1v) is 8.51. The largest absolute Gasteiger partial charge is 0.378 e. The van der Waals surface area contributed by atoms with Crippen LogP contribution in [0.25, 0.3) is 0 Å². The average Bonchev–Trinajstić information content (AvgIpc) is 2.62. The molecule has 7 heteroatoms. The number of rotatable bonds is 5. The minimum absolute atomic E-state index is 0.198. The van der Waals surface area contributed by atoms with Crippen LogP contribution in [0.1, 0.15) is 0 Å². The SMILES string of the molecule is Cn1ncc(Cl)c(NCCN2CCN(c3ccccc3)CC2)c1=O. The van der Waals surface area contributed by atoms with Gasteiger partial charge in [0, 0.05) is 52.0 Å². The maximum atomic E-state index is 12.0. The van der Waals surface area contributed by atoms with Crippen LogP contribution in [0.15, 0.2) is 41.3 Å². The second kappa shape index (κ2) is 7.68. The van der Waals surface area contributed by atoms with Crippen molar-refractivity contribution in [1.29, 1.82) is 0 Å². The lowest BCUT2D eigenvalue weighted by Crippen LogP contribution is -2.47. The molecule has 0 bridgehead atoms. The number of hydrogen-bond donors (Lipinski definition) is 1. The van der Waals surface area contributed by atoms with Crippen LogP contribution in [0.4, 0.5) is 11.4 Å². The number of hydrogen-bond acceptors (Lipinski definition) is 5. The zero-order chi connectivity index (χ0) is 16.9. The van der Waals surface area contributed by atoms with E-state index in [0.717, 1.165) is 32.7 Å². The Morgan fingerprint density at radius 3 is 2.58 bits per heavy atom. The molecule has 0 spiro atoms. The van der Waals surface area contributed by atoms with E-state index in [1.54, 1.807) is 7.05 Å². The van der Waals surface area contributed by atoms with Crippen LogP contribution in [-0.2, 0) is 7.05 Å². The molecular weight excluding hydrogens is 326 g/mol. The summed E-state index contributed by atoms with van der Waals surface area (Å²) in [5.41, 5.74) is 1.51. The number of benzene rings is 1. The first kappa shape index (κ1) is 16.8. The first-order valence-electron chi connectivity index (χ1n) is 8.13. The maximum Gasteiger partial charge on any atom is 0.291 e. The first-order chi connectivity index (χ1) is 11.6. The highest BCUT2D eigenvalue weighted by Crippen LogP contribution is 2.16. The van der Waals surface area contributed by atoms with Gasteiger partial charge in [0.1, 0.15) is 5.69 Å². The molecule has 1 aliphatic rings. The monoisotopic (exact) mass is 347 g/mol. The van der Waals surface area contributed by atoms with Crippen LogP contribution in [0.3, 0.4) is 0 Å². The van der Waals surface area contributed by atoms with Crippen LogP contribution in [0.2, 0.25) is 5.02 Å². The number of halogens is 1. The number of anilines is 2. The second-order valence-electron chi connectivity index (χ2n) is 5.89. The molecule has 0 radical (unpaired) electrons. The van der Waals surface area contributed by atoms with Gasteiger partial charge in [-0.15, -0.1) is 0 Å². The number of nitrogens with one attached hydrogen (secondary N) is 1. The van der Waals surface area contributed by atoms with E-state index in [2.05, 4.69) is 44.5 Å². The zero-order valence-corrected chi connectivity index (χ0v) is 14.5. The maximum absolute atomic E-state index is 12.0. The summed E-state index contributed by atoms with van der Waals surface area (Å²) in [6, 6.07) is 10.5. The number of piperazine rings is 1. The van der Waals surface area contributed by atoms with Crippen molar-refractivity contribution in [3.05, 3.63) is 51.9 Å². The molecule has 2 heterocycles. The number of aromatic nitrogens is 2. The lowest BCUT2D eigenvalue weighted by molar-refractivity contribution is 0.267. The lowest BCUT2D eigenvalue weighted by atomic mass is 10.2. The van der Waals surface area contributed by atoms with Gasteiger partial charge in [-0.2, -0.15) is 5.10 Å². The minimum Gasteiger partial charge on any atom is -0.378 e. The average molecular weight is 348 g/mol. The highest BCUT2D eigenvalue weighted by Gasteiger charge is 2.17. The van der Waals surface area contributed by atoms with Gasteiger partial charge in [0.25, 0.3) is 5.56 Å². The smallest absolute Gasteiger partial charge is 0.291 e. The van der Waals surface area contributed by atoms with Crippen molar-refractivity contribution in [2.75, 3.05) is 49.5 Å². The predicted molar refractivity (Wildman–Crippen MR) is 98.1 cm³/mol. The predicted octanol–water partition coefficient (Wildman–Crippen LogP) is 1.67. The zero-order valence-electron chi connectivity index (χ0n) is 13.8. The summed E-state index contributed by atoms with van der Waals surface area (Å²) in [4.78, 5) is 16.8. The highest BCUT2D eigenvalue weighted by molar-refractivity contribution is 6.32. The number of nitrogens with zero attached hydrogens (tertiary/aromatic N) is 4. The van der Waals surface area contributed by atoms with Gasteiger partial charge in [-0.1, -0.05) is 29.8 Å². The van der Waals surface area contributed by atoms with E-state index in [1.807, 2.05) is 6.07 Å². The fourth-order valence-electron chi connectivity index (χ4n) is 2.89. The Morgan fingerprint density at radius 2 is 1.88 bits per heavy atom. The molecule has 0 amide bonds.